The zero-order chi connectivity index (χ0) is 15.8. The van der Waals surface area contributed by atoms with Crippen LogP contribution in [0.4, 0.5) is 0 Å². The van der Waals surface area contributed by atoms with Crippen LogP contribution in [0.1, 0.15) is 18.1 Å². The molecule has 0 spiro atoms. The number of benzene rings is 1. The summed E-state index contributed by atoms with van der Waals surface area (Å²) in [7, 11) is 0. The maximum atomic E-state index is 11.1. The highest BCUT2D eigenvalue weighted by Crippen LogP contribution is 2.27. The number of carbonyl (C=O) groups excluding carboxylic acids is 1. The van der Waals surface area contributed by atoms with Crippen LogP contribution < -0.4 is 4.74 Å². The van der Waals surface area contributed by atoms with Crippen LogP contribution in [0.25, 0.3) is 6.08 Å². The largest absolute Gasteiger partial charge is 0.488 e. The number of hydrogen-bond donors (Lipinski definition) is 0. The van der Waals surface area contributed by atoms with Gasteiger partial charge in [0.25, 0.3) is 0 Å². The highest BCUT2D eigenvalue weighted by molar-refractivity contribution is 5.82. The fourth-order valence-electron chi connectivity index (χ4n) is 2.04. The predicted octanol–water partition coefficient (Wildman–Crippen LogP) is 4.00. The van der Waals surface area contributed by atoms with Gasteiger partial charge in [0.15, 0.2) is 0 Å². The zero-order valence-corrected chi connectivity index (χ0v) is 12.9. The van der Waals surface area contributed by atoms with Crippen LogP contribution in [-0.2, 0) is 9.53 Å². The van der Waals surface area contributed by atoms with Crippen LogP contribution in [-0.4, -0.2) is 19.2 Å². The molecule has 0 amide bonds. The van der Waals surface area contributed by atoms with Gasteiger partial charge in [0.1, 0.15) is 12.4 Å². The Hall–Kier alpha value is -2.55. The van der Waals surface area contributed by atoms with Crippen molar-refractivity contribution in [3.05, 3.63) is 71.4 Å². The first-order valence-electron chi connectivity index (χ1n) is 7.31. The summed E-state index contributed by atoms with van der Waals surface area (Å²) in [5.41, 5.74) is 3.43. The van der Waals surface area contributed by atoms with Crippen molar-refractivity contribution in [2.45, 2.75) is 13.8 Å². The molecule has 0 aromatic heterocycles. The summed E-state index contributed by atoms with van der Waals surface area (Å²) in [6.45, 7) is 4.81. The van der Waals surface area contributed by atoms with Crippen molar-refractivity contribution in [1.29, 1.82) is 0 Å². The van der Waals surface area contributed by atoms with Crippen LogP contribution in [0.2, 0.25) is 0 Å². The van der Waals surface area contributed by atoms with Crippen molar-refractivity contribution in [1.82, 2.24) is 0 Å². The molecule has 0 N–H and O–H groups in total. The molecule has 1 aromatic rings. The number of carbonyl (C=O) groups is 1. The first kappa shape index (κ1) is 15.8. The highest BCUT2D eigenvalue weighted by atomic mass is 16.5. The van der Waals surface area contributed by atoms with E-state index in [-0.39, 0.29) is 5.97 Å². The lowest BCUT2D eigenvalue weighted by atomic mass is 10.0. The molecule has 0 bridgehead atoms. The number of allylic oxidation sites excluding steroid dienone is 4. The van der Waals surface area contributed by atoms with Gasteiger partial charge in [-0.25, -0.2) is 4.79 Å². The number of hydrogen-bond acceptors (Lipinski definition) is 3. The van der Waals surface area contributed by atoms with Crippen molar-refractivity contribution >= 4 is 12.0 Å². The van der Waals surface area contributed by atoms with Gasteiger partial charge in [0.05, 0.1) is 6.61 Å². The molecular formula is C19H20O3. The van der Waals surface area contributed by atoms with Crippen molar-refractivity contribution < 1.29 is 14.3 Å². The molecule has 0 saturated carbocycles. The van der Waals surface area contributed by atoms with Crippen LogP contribution in [0.3, 0.4) is 0 Å². The van der Waals surface area contributed by atoms with E-state index in [1.165, 1.54) is 11.6 Å². The molecule has 1 aromatic carbocycles. The van der Waals surface area contributed by atoms with Gasteiger partial charge in [0, 0.05) is 11.6 Å². The van der Waals surface area contributed by atoms with Crippen LogP contribution >= 0.6 is 0 Å². The molecule has 1 aliphatic heterocycles. The minimum absolute atomic E-state index is 0.327. The molecule has 0 atom stereocenters. The van der Waals surface area contributed by atoms with Crippen LogP contribution in [0.5, 0.6) is 5.75 Å². The molecule has 1 aliphatic rings. The molecular weight excluding hydrogens is 276 g/mol. The van der Waals surface area contributed by atoms with E-state index < -0.39 is 0 Å². The van der Waals surface area contributed by atoms with Crippen LogP contribution in [0.15, 0.2) is 60.2 Å². The average molecular weight is 296 g/mol. The summed E-state index contributed by atoms with van der Waals surface area (Å²) in [5.74, 6) is 0.599. The first-order chi connectivity index (χ1) is 10.7. The van der Waals surface area contributed by atoms with E-state index >= 15 is 0 Å². The second kappa shape index (κ2) is 8.03. The standard InChI is InChI=1S/C19H20O3/c1-3-21-19(20)9-7-5-4-6-8-16-13-17-12-15(2)10-11-18(17)22-14-16/h4-13H,3,14H2,1-2H3/b5-4+,8-6+,9-7+. The molecule has 1 heterocycles. The second-order valence-corrected chi connectivity index (χ2v) is 4.90. The Morgan fingerprint density at radius 1 is 1.27 bits per heavy atom. The molecule has 114 valence electrons. The Kier molecular flexibility index (Phi) is 5.78. The number of ether oxygens (including phenoxy) is 2. The zero-order valence-electron chi connectivity index (χ0n) is 12.9. The molecule has 2 rings (SSSR count). The van der Waals surface area contributed by atoms with Gasteiger partial charge < -0.3 is 9.47 Å². The summed E-state index contributed by atoms with van der Waals surface area (Å²) in [4.78, 5) is 11.1. The summed E-state index contributed by atoms with van der Waals surface area (Å²) in [5, 5.41) is 0. The van der Waals surface area contributed by atoms with Gasteiger partial charge >= 0.3 is 5.97 Å². The minimum Gasteiger partial charge on any atom is -0.488 e. The van der Waals surface area contributed by atoms with Gasteiger partial charge in [-0.15, -0.1) is 0 Å². The van der Waals surface area contributed by atoms with E-state index in [4.69, 9.17) is 9.47 Å². The summed E-state index contributed by atoms with van der Waals surface area (Å²) in [6.07, 6.45) is 12.8. The minimum atomic E-state index is -0.327. The van der Waals surface area contributed by atoms with Gasteiger partial charge in [-0.1, -0.05) is 42.0 Å². The lowest BCUT2D eigenvalue weighted by Gasteiger charge is -2.16. The van der Waals surface area contributed by atoms with Crippen molar-refractivity contribution in [2.75, 3.05) is 13.2 Å². The molecule has 0 radical (unpaired) electrons. The van der Waals surface area contributed by atoms with E-state index in [9.17, 15) is 4.79 Å². The molecule has 0 fully saturated rings. The maximum absolute atomic E-state index is 11.1. The third kappa shape index (κ3) is 4.77. The monoisotopic (exact) mass is 296 g/mol. The molecule has 22 heavy (non-hydrogen) atoms. The average Bonchev–Trinajstić information content (AvgIpc) is 2.50. The highest BCUT2D eigenvalue weighted by Gasteiger charge is 2.08. The van der Waals surface area contributed by atoms with E-state index in [2.05, 4.69) is 19.1 Å². The lowest BCUT2D eigenvalue weighted by molar-refractivity contribution is -0.137. The molecule has 0 saturated heterocycles. The fraction of sp³-hybridized carbons (Fsp3) is 0.211. The molecule has 0 aliphatic carbocycles. The topological polar surface area (TPSA) is 35.5 Å². The van der Waals surface area contributed by atoms with E-state index in [0.717, 1.165) is 16.9 Å². The van der Waals surface area contributed by atoms with Gasteiger partial charge in [-0.3, -0.25) is 0 Å². The van der Waals surface area contributed by atoms with Gasteiger partial charge in [-0.05, 0) is 37.6 Å². The lowest BCUT2D eigenvalue weighted by Crippen LogP contribution is -2.05. The van der Waals surface area contributed by atoms with Gasteiger partial charge in [0.2, 0.25) is 0 Å². The van der Waals surface area contributed by atoms with E-state index in [1.54, 1.807) is 19.1 Å². The SMILES string of the molecule is CCOC(=O)/C=C/C=C/C=C/C1=Cc2cc(C)ccc2OC1. The number of fused-ring (bicyclic) bond motifs is 1. The Morgan fingerprint density at radius 2 is 2.09 bits per heavy atom. The maximum Gasteiger partial charge on any atom is 0.330 e. The van der Waals surface area contributed by atoms with E-state index in [0.29, 0.717) is 13.2 Å². The van der Waals surface area contributed by atoms with Gasteiger partial charge in [-0.2, -0.15) is 0 Å². The van der Waals surface area contributed by atoms with Crippen molar-refractivity contribution in [3.8, 4) is 5.75 Å². The quantitative estimate of drug-likeness (QED) is 0.468. The fourth-order valence-corrected chi connectivity index (χ4v) is 2.04. The molecule has 3 heteroatoms. The van der Waals surface area contributed by atoms with Crippen molar-refractivity contribution in [3.63, 3.8) is 0 Å². The summed E-state index contributed by atoms with van der Waals surface area (Å²) < 4.78 is 10.5. The summed E-state index contributed by atoms with van der Waals surface area (Å²) >= 11 is 0. The predicted molar refractivity (Wildman–Crippen MR) is 88.7 cm³/mol. The third-order valence-electron chi connectivity index (χ3n) is 3.06. The summed E-state index contributed by atoms with van der Waals surface area (Å²) in [6, 6.07) is 6.16. The Balaban J connectivity index is 1.93. The second-order valence-electron chi connectivity index (χ2n) is 4.90. The first-order valence-corrected chi connectivity index (χ1v) is 7.31. The normalized spacial score (nSPS) is 14.2. The smallest absolute Gasteiger partial charge is 0.330 e. The molecule has 0 unspecified atom stereocenters. The number of rotatable bonds is 5. The number of aryl methyl sites for hydroxylation is 1. The van der Waals surface area contributed by atoms with Crippen molar-refractivity contribution in [2.24, 2.45) is 0 Å². The molecule has 3 nitrogen and oxygen atoms in total. The third-order valence-corrected chi connectivity index (χ3v) is 3.06. The number of esters is 1. The Bertz CT molecular complexity index is 649. The Labute approximate surface area is 131 Å². The van der Waals surface area contributed by atoms with Crippen LogP contribution in [0, 0.1) is 6.92 Å². The van der Waals surface area contributed by atoms with E-state index in [1.807, 2.05) is 30.4 Å². The Morgan fingerprint density at radius 3 is 2.91 bits per heavy atom.